The third-order valence-corrected chi connectivity index (χ3v) is 4.21. The highest BCUT2D eigenvalue weighted by molar-refractivity contribution is 6.30. The summed E-state index contributed by atoms with van der Waals surface area (Å²) in [4.78, 5) is 26.9. The molecule has 0 spiro atoms. The molecule has 1 saturated heterocycles. The van der Waals surface area contributed by atoms with Crippen molar-refractivity contribution in [3.05, 3.63) is 41.2 Å². The first-order chi connectivity index (χ1) is 12.6. The summed E-state index contributed by atoms with van der Waals surface area (Å²) in [6.45, 7) is 4.44. The highest BCUT2D eigenvalue weighted by Gasteiger charge is 2.26. The Morgan fingerprint density at radius 2 is 2.04 bits per heavy atom. The molecule has 1 aromatic carbocycles. The van der Waals surface area contributed by atoms with E-state index < -0.39 is 6.03 Å². The number of urea groups is 1. The summed E-state index contributed by atoms with van der Waals surface area (Å²) in [5, 5.41) is 10.1. The fourth-order valence-corrected chi connectivity index (χ4v) is 2.90. The van der Waals surface area contributed by atoms with Crippen LogP contribution in [0.15, 0.2) is 30.5 Å². The Kier molecular flexibility index (Phi) is 5.75. The fourth-order valence-electron chi connectivity index (χ4n) is 2.71. The molecule has 3 amide bonds. The first-order valence-corrected chi connectivity index (χ1v) is 8.72. The Labute approximate surface area is 156 Å². The van der Waals surface area contributed by atoms with Gasteiger partial charge in [-0.25, -0.2) is 4.79 Å². The number of carbonyl (C=O) groups is 2. The van der Waals surface area contributed by atoms with Gasteiger partial charge in [0.15, 0.2) is 0 Å². The van der Waals surface area contributed by atoms with Crippen molar-refractivity contribution in [3.8, 4) is 0 Å². The molecule has 8 nitrogen and oxygen atoms in total. The lowest BCUT2D eigenvalue weighted by Gasteiger charge is -2.27. The van der Waals surface area contributed by atoms with Crippen LogP contribution in [0.3, 0.4) is 0 Å². The van der Waals surface area contributed by atoms with E-state index in [1.165, 1.54) is 6.20 Å². The first kappa shape index (κ1) is 18.2. The Hall–Kier alpha value is -2.58. The monoisotopic (exact) mass is 377 g/mol. The maximum atomic E-state index is 12.9. The van der Waals surface area contributed by atoms with Crippen LogP contribution in [0.1, 0.15) is 17.4 Å². The summed E-state index contributed by atoms with van der Waals surface area (Å²) in [5.74, 6) is -0.175. The molecule has 1 aliphatic rings. The molecule has 1 fully saturated rings. The molecule has 0 atom stereocenters. The average molecular weight is 378 g/mol. The summed E-state index contributed by atoms with van der Waals surface area (Å²) >= 11 is 5.92. The predicted octanol–water partition coefficient (Wildman–Crippen LogP) is 2.67. The van der Waals surface area contributed by atoms with Crippen LogP contribution >= 0.6 is 11.6 Å². The second kappa shape index (κ2) is 8.20. The van der Waals surface area contributed by atoms with Gasteiger partial charge in [-0.3, -0.25) is 9.48 Å². The van der Waals surface area contributed by atoms with E-state index in [1.807, 2.05) is 6.92 Å². The van der Waals surface area contributed by atoms with Gasteiger partial charge in [0.1, 0.15) is 5.69 Å². The number of benzene rings is 1. The zero-order chi connectivity index (χ0) is 18.5. The molecule has 0 radical (unpaired) electrons. The summed E-state index contributed by atoms with van der Waals surface area (Å²) in [7, 11) is 0. The van der Waals surface area contributed by atoms with Crippen molar-refractivity contribution in [2.45, 2.75) is 13.5 Å². The van der Waals surface area contributed by atoms with Crippen LogP contribution in [0.25, 0.3) is 0 Å². The van der Waals surface area contributed by atoms with Gasteiger partial charge in [-0.1, -0.05) is 17.7 Å². The minimum absolute atomic E-state index is 0.175. The molecule has 2 aromatic rings. The minimum atomic E-state index is -0.473. The Bertz CT molecular complexity index is 801. The van der Waals surface area contributed by atoms with Crippen LogP contribution in [-0.2, 0) is 11.3 Å². The van der Waals surface area contributed by atoms with Crippen LogP contribution in [0.4, 0.5) is 16.2 Å². The summed E-state index contributed by atoms with van der Waals surface area (Å²) in [6.07, 6.45) is 1.48. The smallest absolute Gasteiger partial charge is 0.323 e. The number of morpholine rings is 1. The molecule has 0 saturated carbocycles. The molecular formula is C17H20ClN5O3. The van der Waals surface area contributed by atoms with E-state index in [4.69, 9.17) is 16.3 Å². The van der Waals surface area contributed by atoms with E-state index in [-0.39, 0.29) is 5.91 Å². The molecule has 2 heterocycles. The van der Waals surface area contributed by atoms with E-state index >= 15 is 0 Å². The van der Waals surface area contributed by atoms with E-state index in [2.05, 4.69) is 15.7 Å². The Morgan fingerprint density at radius 1 is 1.27 bits per heavy atom. The van der Waals surface area contributed by atoms with Gasteiger partial charge in [0.25, 0.3) is 5.91 Å². The second-order valence-corrected chi connectivity index (χ2v) is 6.15. The number of ether oxygens (including phenoxy) is 1. The first-order valence-electron chi connectivity index (χ1n) is 8.35. The van der Waals surface area contributed by atoms with E-state index in [0.29, 0.717) is 54.9 Å². The lowest BCUT2D eigenvalue weighted by atomic mass is 10.3. The third-order valence-electron chi connectivity index (χ3n) is 3.97. The largest absolute Gasteiger partial charge is 0.378 e. The number of carbonyl (C=O) groups excluding carboxylic acids is 2. The molecule has 3 rings (SSSR count). The topological polar surface area (TPSA) is 88.5 Å². The molecule has 9 heteroatoms. The number of rotatable bonds is 4. The second-order valence-electron chi connectivity index (χ2n) is 5.72. The van der Waals surface area contributed by atoms with Crippen LogP contribution < -0.4 is 10.6 Å². The van der Waals surface area contributed by atoms with Gasteiger partial charge in [0.2, 0.25) is 0 Å². The number of aryl methyl sites for hydroxylation is 1. The van der Waals surface area contributed by atoms with Crippen LogP contribution in [0, 0.1) is 0 Å². The fraction of sp³-hybridized carbons (Fsp3) is 0.353. The highest BCUT2D eigenvalue weighted by Crippen LogP contribution is 2.20. The molecular weight excluding hydrogens is 358 g/mol. The zero-order valence-corrected chi connectivity index (χ0v) is 15.1. The Balaban J connectivity index is 1.76. The minimum Gasteiger partial charge on any atom is -0.378 e. The van der Waals surface area contributed by atoms with Crippen LogP contribution in [-0.4, -0.2) is 52.9 Å². The number of hydrogen-bond acceptors (Lipinski definition) is 4. The predicted molar refractivity (Wildman–Crippen MR) is 98.7 cm³/mol. The van der Waals surface area contributed by atoms with Gasteiger partial charge >= 0.3 is 6.03 Å². The van der Waals surface area contributed by atoms with Crippen molar-refractivity contribution in [1.82, 2.24) is 14.7 Å². The number of amides is 3. The molecule has 0 unspecified atom stereocenters. The van der Waals surface area contributed by atoms with Gasteiger partial charge in [0, 0.05) is 30.3 Å². The normalized spacial score (nSPS) is 14.2. The number of nitrogens with one attached hydrogen (secondary N) is 2. The quantitative estimate of drug-likeness (QED) is 0.857. The zero-order valence-electron chi connectivity index (χ0n) is 14.4. The van der Waals surface area contributed by atoms with Crippen molar-refractivity contribution >= 4 is 34.9 Å². The maximum Gasteiger partial charge on any atom is 0.323 e. The molecule has 1 aromatic heterocycles. The van der Waals surface area contributed by atoms with Crippen molar-refractivity contribution < 1.29 is 14.3 Å². The van der Waals surface area contributed by atoms with Crippen molar-refractivity contribution in [2.75, 3.05) is 36.9 Å². The van der Waals surface area contributed by atoms with E-state index in [1.54, 1.807) is 33.8 Å². The highest BCUT2D eigenvalue weighted by atomic mass is 35.5. The van der Waals surface area contributed by atoms with E-state index in [0.717, 1.165) is 0 Å². The molecule has 138 valence electrons. The standard InChI is InChI=1S/C17H20ClN5O3/c1-2-23-15(16(24)22-6-8-26-9-7-22)14(11-19-23)21-17(25)20-13-5-3-4-12(18)10-13/h3-5,10-11H,2,6-9H2,1H3,(H2,20,21,25). The van der Waals surface area contributed by atoms with E-state index in [9.17, 15) is 9.59 Å². The van der Waals surface area contributed by atoms with Gasteiger partial charge in [0.05, 0.1) is 25.1 Å². The summed E-state index contributed by atoms with van der Waals surface area (Å²) < 4.78 is 6.86. The molecule has 26 heavy (non-hydrogen) atoms. The molecule has 2 N–H and O–H groups in total. The van der Waals surface area contributed by atoms with Crippen LogP contribution in [0.5, 0.6) is 0 Å². The lowest BCUT2D eigenvalue weighted by molar-refractivity contribution is 0.0295. The van der Waals surface area contributed by atoms with Crippen molar-refractivity contribution in [1.29, 1.82) is 0 Å². The van der Waals surface area contributed by atoms with Crippen LogP contribution in [0.2, 0.25) is 5.02 Å². The van der Waals surface area contributed by atoms with Gasteiger partial charge < -0.3 is 20.3 Å². The third kappa shape index (κ3) is 4.14. The number of nitrogens with zero attached hydrogens (tertiary/aromatic N) is 3. The van der Waals surface area contributed by atoms with Crippen molar-refractivity contribution in [2.24, 2.45) is 0 Å². The summed E-state index contributed by atoms with van der Waals surface area (Å²) in [5.41, 5.74) is 1.28. The maximum absolute atomic E-state index is 12.9. The summed E-state index contributed by atoms with van der Waals surface area (Å²) in [6, 6.07) is 6.34. The van der Waals surface area contributed by atoms with Crippen molar-refractivity contribution in [3.63, 3.8) is 0 Å². The molecule has 1 aliphatic heterocycles. The number of aromatic nitrogens is 2. The molecule has 0 aliphatic carbocycles. The lowest BCUT2D eigenvalue weighted by Crippen LogP contribution is -2.41. The van der Waals surface area contributed by atoms with Gasteiger partial charge in [-0.15, -0.1) is 0 Å². The number of anilines is 2. The average Bonchev–Trinajstić information content (AvgIpc) is 3.04. The van der Waals surface area contributed by atoms with Gasteiger partial charge in [-0.2, -0.15) is 5.10 Å². The number of halogens is 1. The molecule has 0 bridgehead atoms. The van der Waals surface area contributed by atoms with Gasteiger partial charge in [-0.05, 0) is 25.1 Å². The Morgan fingerprint density at radius 3 is 2.73 bits per heavy atom. The SMILES string of the molecule is CCn1ncc(NC(=O)Nc2cccc(Cl)c2)c1C(=O)N1CCOCC1. The number of hydrogen-bond donors (Lipinski definition) is 2.